The summed E-state index contributed by atoms with van der Waals surface area (Å²) in [5.41, 5.74) is 1.24. The molecule has 2 aliphatic heterocycles. The van der Waals surface area contributed by atoms with E-state index in [1.807, 2.05) is 23.1 Å². The first-order chi connectivity index (χ1) is 11.2. The third-order valence-electron chi connectivity index (χ3n) is 4.75. The lowest BCUT2D eigenvalue weighted by molar-refractivity contribution is -0.187. The van der Waals surface area contributed by atoms with E-state index in [-0.39, 0.29) is 5.91 Å². The molecule has 5 heteroatoms. The molecule has 0 atom stereocenters. The molecule has 0 N–H and O–H groups in total. The predicted octanol–water partition coefficient (Wildman–Crippen LogP) is 1.87. The number of nitrogens with zero attached hydrogens (tertiary/aromatic N) is 2. The van der Waals surface area contributed by atoms with E-state index >= 15 is 0 Å². The van der Waals surface area contributed by atoms with Gasteiger partial charge in [0, 0.05) is 32.5 Å². The first kappa shape index (κ1) is 16.4. The number of hydrogen-bond donors (Lipinski definition) is 0. The van der Waals surface area contributed by atoms with Gasteiger partial charge in [0.2, 0.25) is 5.91 Å². The van der Waals surface area contributed by atoms with E-state index in [4.69, 9.17) is 9.47 Å². The van der Waals surface area contributed by atoms with Crippen LogP contribution in [0, 0.1) is 0 Å². The number of piperidine rings is 1. The summed E-state index contributed by atoms with van der Waals surface area (Å²) < 4.78 is 11.4. The van der Waals surface area contributed by atoms with Crippen molar-refractivity contribution in [1.82, 2.24) is 9.80 Å². The molecule has 3 rings (SSSR count). The van der Waals surface area contributed by atoms with Crippen LogP contribution in [0.25, 0.3) is 0 Å². The van der Waals surface area contributed by atoms with Crippen LogP contribution < -0.4 is 0 Å². The van der Waals surface area contributed by atoms with Crippen LogP contribution in [0.3, 0.4) is 0 Å². The molecule has 5 nitrogen and oxygen atoms in total. The second-order valence-corrected chi connectivity index (χ2v) is 6.28. The lowest BCUT2D eigenvalue weighted by Crippen LogP contribution is -2.49. The Morgan fingerprint density at radius 1 is 1.17 bits per heavy atom. The maximum absolute atomic E-state index is 12.6. The molecule has 1 aromatic rings. The van der Waals surface area contributed by atoms with E-state index in [0.717, 1.165) is 39.0 Å². The lowest BCUT2D eigenvalue weighted by atomic mass is 10.0. The minimum atomic E-state index is -0.411. The van der Waals surface area contributed by atoms with Crippen LogP contribution in [0.4, 0.5) is 0 Å². The number of benzene rings is 1. The molecular weight excluding hydrogens is 292 g/mol. The van der Waals surface area contributed by atoms with Crippen molar-refractivity contribution in [1.29, 1.82) is 0 Å². The van der Waals surface area contributed by atoms with Crippen molar-refractivity contribution in [2.45, 2.75) is 32.1 Å². The largest absolute Gasteiger partial charge is 0.347 e. The molecule has 2 aliphatic rings. The second-order valence-electron chi connectivity index (χ2n) is 6.28. The third kappa shape index (κ3) is 4.10. The summed E-state index contributed by atoms with van der Waals surface area (Å²) in [6, 6.07) is 10.3. The zero-order valence-electron chi connectivity index (χ0n) is 13.9. The van der Waals surface area contributed by atoms with Crippen LogP contribution >= 0.6 is 0 Å². The molecule has 1 spiro atoms. The maximum atomic E-state index is 12.6. The quantitative estimate of drug-likeness (QED) is 0.831. The number of likely N-dealkylation sites (tertiary alicyclic amines) is 1. The lowest BCUT2D eigenvalue weighted by Gasteiger charge is -2.38. The number of carbonyl (C=O) groups excluding carboxylic acids is 1. The zero-order valence-corrected chi connectivity index (χ0v) is 13.9. The topological polar surface area (TPSA) is 42.0 Å². The molecule has 0 bridgehead atoms. The minimum absolute atomic E-state index is 0.204. The monoisotopic (exact) mass is 318 g/mol. The average Bonchev–Trinajstić information content (AvgIpc) is 3.04. The predicted molar refractivity (Wildman–Crippen MR) is 87.8 cm³/mol. The Kier molecular flexibility index (Phi) is 5.30. The van der Waals surface area contributed by atoms with Crippen molar-refractivity contribution in [2.75, 3.05) is 39.4 Å². The number of ether oxygens (including phenoxy) is 2. The zero-order chi connectivity index (χ0) is 16.1. The summed E-state index contributed by atoms with van der Waals surface area (Å²) in [6.45, 7) is 7.05. The van der Waals surface area contributed by atoms with E-state index in [9.17, 15) is 4.79 Å². The van der Waals surface area contributed by atoms with Gasteiger partial charge >= 0.3 is 0 Å². The molecule has 23 heavy (non-hydrogen) atoms. The molecule has 0 saturated carbocycles. The van der Waals surface area contributed by atoms with E-state index < -0.39 is 5.79 Å². The van der Waals surface area contributed by atoms with Gasteiger partial charge in [0.15, 0.2) is 5.79 Å². The Morgan fingerprint density at radius 2 is 1.83 bits per heavy atom. The summed E-state index contributed by atoms with van der Waals surface area (Å²) in [7, 11) is 0. The summed E-state index contributed by atoms with van der Waals surface area (Å²) >= 11 is 0. The molecule has 1 aromatic carbocycles. The van der Waals surface area contributed by atoms with Crippen molar-refractivity contribution in [3.63, 3.8) is 0 Å². The van der Waals surface area contributed by atoms with Crippen LogP contribution in [-0.4, -0.2) is 60.9 Å². The average molecular weight is 318 g/mol. The molecule has 0 aliphatic carbocycles. The molecule has 2 heterocycles. The standard InChI is InChI=1S/C18H26N2O3/c1-2-19(14-16-6-4-3-5-7-16)15-17(21)20-10-8-18(9-11-20)22-12-13-23-18/h3-7H,2,8-15H2,1H3. The number of likely N-dealkylation sites (N-methyl/N-ethyl adjacent to an activating group) is 1. The normalized spacial score (nSPS) is 20.3. The number of hydrogen-bond acceptors (Lipinski definition) is 4. The van der Waals surface area contributed by atoms with Gasteiger partial charge in [-0.05, 0) is 12.1 Å². The molecule has 0 unspecified atom stereocenters. The van der Waals surface area contributed by atoms with Crippen LogP contribution in [0.2, 0.25) is 0 Å². The van der Waals surface area contributed by atoms with Crippen LogP contribution in [0.5, 0.6) is 0 Å². The Labute approximate surface area is 138 Å². The van der Waals surface area contributed by atoms with Crippen molar-refractivity contribution in [2.24, 2.45) is 0 Å². The highest BCUT2D eigenvalue weighted by Gasteiger charge is 2.40. The first-order valence-corrected chi connectivity index (χ1v) is 8.53. The van der Waals surface area contributed by atoms with Gasteiger partial charge in [0.05, 0.1) is 19.8 Å². The van der Waals surface area contributed by atoms with Crippen molar-refractivity contribution in [3.8, 4) is 0 Å². The molecule has 2 saturated heterocycles. The van der Waals surface area contributed by atoms with E-state index in [2.05, 4.69) is 24.0 Å². The fourth-order valence-electron chi connectivity index (χ4n) is 3.29. The van der Waals surface area contributed by atoms with Gasteiger partial charge in [-0.15, -0.1) is 0 Å². The van der Waals surface area contributed by atoms with Crippen molar-refractivity contribution >= 4 is 5.91 Å². The van der Waals surface area contributed by atoms with Gasteiger partial charge in [0.25, 0.3) is 0 Å². The van der Waals surface area contributed by atoms with Gasteiger partial charge < -0.3 is 14.4 Å². The van der Waals surface area contributed by atoms with Gasteiger partial charge in [-0.25, -0.2) is 0 Å². The summed E-state index contributed by atoms with van der Waals surface area (Å²) in [5.74, 6) is -0.207. The van der Waals surface area contributed by atoms with Gasteiger partial charge in [-0.3, -0.25) is 9.69 Å². The molecule has 2 fully saturated rings. The number of rotatable bonds is 5. The van der Waals surface area contributed by atoms with Crippen molar-refractivity contribution < 1.29 is 14.3 Å². The van der Waals surface area contributed by atoms with Crippen molar-refractivity contribution in [3.05, 3.63) is 35.9 Å². The third-order valence-corrected chi connectivity index (χ3v) is 4.75. The second kappa shape index (κ2) is 7.43. The number of amides is 1. The number of carbonyl (C=O) groups is 1. The summed E-state index contributed by atoms with van der Waals surface area (Å²) in [4.78, 5) is 16.7. The Bertz CT molecular complexity index is 504. The Hall–Kier alpha value is -1.43. The maximum Gasteiger partial charge on any atom is 0.236 e. The Morgan fingerprint density at radius 3 is 2.43 bits per heavy atom. The van der Waals surface area contributed by atoms with Crippen LogP contribution in [0.1, 0.15) is 25.3 Å². The first-order valence-electron chi connectivity index (χ1n) is 8.53. The van der Waals surface area contributed by atoms with E-state index in [1.165, 1.54) is 5.56 Å². The fraction of sp³-hybridized carbons (Fsp3) is 0.611. The molecule has 1 amide bonds. The van der Waals surface area contributed by atoms with E-state index in [0.29, 0.717) is 19.8 Å². The summed E-state index contributed by atoms with van der Waals surface area (Å²) in [6.07, 6.45) is 1.56. The molecule has 126 valence electrons. The van der Waals surface area contributed by atoms with Gasteiger partial charge in [-0.2, -0.15) is 0 Å². The van der Waals surface area contributed by atoms with E-state index in [1.54, 1.807) is 0 Å². The van der Waals surface area contributed by atoms with Crippen LogP contribution in [-0.2, 0) is 20.8 Å². The molecule has 0 radical (unpaired) electrons. The fourth-order valence-corrected chi connectivity index (χ4v) is 3.29. The highest BCUT2D eigenvalue weighted by Crippen LogP contribution is 2.31. The minimum Gasteiger partial charge on any atom is -0.347 e. The Balaban J connectivity index is 1.50. The molecular formula is C18H26N2O3. The summed E-state index contributed by atoms with van der Waals surface area (Å²) in [5, 5.41) is 0. The SMILES string of the molecule is CCN(CC(=O)N1CCC2(CC1)OCCO2)Cc1ccccc1. The highest BCUT2D eigenvalue weighted by molar-refractivity contribution is 5.78. The highest BCUT2D eigenvalue weighted by atomic mass is 16.7. The van der Waals surface area contributed by atoms with Gasteiger partial charge in [-0.1, -0.05) is 37.3 Å². The van der Waals surface area contributed by atoms with Crippen LogP contribution in [0.15, 0.2) is 30.3 Å². The van der Waals surface area contributed by atoms with Gasteiger partial charge in [0.1, 0.15) is 0 Å². The smallest absolute Gasteiger partial charge is 0.236 e. The molecule has 0 aromatic heterocycles.